The Kier molecular flexibility index (Phi) is 11.7. The number of hydrogen-bond acceptors (Lipinski definition) is 6. The van der Waals surface area contributed by atoms with Crippen molar-refractivity contribution in [1.29, 1.82) is 5.26 Å². The second-order valence-corrected chi connectivity index (χ2v) is 5.53. The molecule has 0 aliphatic heterocycles. The molecule has 0 aliphatic rings. The number of unbranched alkanes of at least 4 members (excludes halogenated alkanes) is 2. The van der Waals surface area contributed by atoms with E-state index < -0.39 is 18.2 Å². The molecule has 130 valence electrons. The molecular weight excluding hydrogens is 296 g/mol. The van der Waals surface area contributed by atoms with Gasteiger partial charge in [0.2, 0.25) is 0 Å². The summed E-state index contributed by atoms with van der Waals surface area (Å²) in [4.78, 5) is 13.4. The summed E-state index contributed by atoms with van der Waals surface area (Å²) >= 11 is 0. The van der Waals surface area contributed by atoms with Gasteiger partial charge in [-0.25, -0.2) is 4.79 Å². The van der Waals surface area contributed by atoms with Crippen LogP contribution in [0.4, 0.5) is 0 Å². The van der Waals surface area contributed by atoms with Crippen LogP contribution in [0.2, 0.25) is 0 Å². The minimum Gasteiger partial charge on any atom is -0.462 e. The zero-order valence-corrected chi connectivity index (χ0v) is 14.2. The second-order valence-electron chi connectivity index (χ2n) is 5.53. The first-order valence-corrected chi connectivity index (χ1v) is 7.96. The fourth-order valence-corrected chi connectivity index (χ4v) is 1.88. The molecule has 6 heteroatoms. The number of nitriles is 1. The number of carbonyl (C=O) groups excluding carboxylic acids is 1. The molecule has 0 saturated heterocycles. The van der Waals surface area contributed by atoms with Crippen molar-refractivity contribution < 1.29 is 19.7 Å². The quantitative estimate of drug-likeness (QED) is 0.198. The molecule has 23 heavy (non-hydrogen) atoms. The van der Waals surface area contributed by atoms with Gasteiger partial charge in [-0.1, -0.05) is 19.8 Å². The Balaban J connectivity index is 4.63. The van der Waals surface area contributed by atoms with E-state index in [-0.39, 0.29) is 5.57 Å². The molecule has 0 radical (unpaired) electrons. The molecule has 0 saturated carbocycles. The number of ether oxygens (including phenoxy) is 1. The van der Waals surface area contributed by atoms with Crippen molar-refractivity contribution in [3.8, 4) is 6.07 Å². The van der Waals surface area contributed by atoms with Gasteiger partial charge >= 0.3 is 5.97 Å². The Morgan fingerprint density at radius 1 is 1.26 bits per heavy atom. The maximum Gasteiger partial charge on any atom is 0.348 e. The molecule has 0 fully saturated rings. The third kappa shape index (κ3) is 11.4. The maximum absolute atomic E-state index is 11.7. The van der Waals surface area contributed by atoms with Gasteiger partial charge in [-0.05, 0) is 38.6 Å². The van der Waals surface area contributed by atoms with Crippen LogP contribution in [0.3, 0.4) is 0 Å². The van der Waals surface area contributed by atoms with Crippen molar-refractivity contribution in [3.63, 3.8) is 0 Å². The van der Waals surface area contributed by atoms with Crippen molar-refractivity contribution in [2.45, 2.75) is 52.2 Å². The normalized spacial score (nSPS) is 14.3. The number of allylic oxidation sites excluding steroid dienone is 2. The van der Waals surface area contributed by atoms with Crippen LogP contribution in [0.15, 0.2) is 23.9 Å². The number of aliphatic hydroxyl groups is 2. The predicted octanol–water partition coefficient (Wildman–Crippen LogP) is 1.75. The molecule has 2 unspecified atom stereocenters. The summed E-state index contributed by atoms with van der Waals surface area (Å²) in [7, 11) is 0. The van der Waals surface area contributed by atoms with Gasteiger partial charge in [0.05, 0.1) is 18.8 Å². The maximum atomic E-state index is 11.7. The first kappa shape index (κ1) is 21.2. The minimum atomic E-state index is -0.633. The first-order valence-electron chi connectivity index (χ1n) is 7.96. The topological polar surface area (TPSA) is 93.8 Å². The molecule has 0 rings (SSSR count). The molecule has 0 aromatic carbocycles. The molecule has 6 nitrogen and oxygen atoms in total. The Morgan fingerprint density at radius 2 is 1.87 bits per heavy atom. The minimum absolute atomic E-state index is 0.0770. The molecular formula is C17H28N2O4. The zero-order valence-electron chi connectivity index (χ0n) is 14.2. The Morgan fingerprint density at radius 3 is 2.35 bits per heavy atom. The van der Waals surface area contributed by atoms with E-state index in [1.807, 2.05) is 6.07 Å². The molecule has 0 spiro atoms. The van der Waals surface area contributed by atoms with Gasteiger partial charge < -0.3 is 19.8 Å². The monoisotopic (exact) mass is 324 g/mol. The van der Waals surface area contributed by atoms with E-state index in [1.54, 1.807) is 24.9 Å². The number of rotatable bonds is 11. The number of nitrogens with zero attached hydrogens (tertiary/aromatic N) is 2. The van der Waals surface area contributed by atoms with Gasteiger partial charge in [-0.15, -0.1) is 0 Å². The van der Waals surface area contributed by atoms with E-state index in [0.717, 1.165) is 19.3 Å². The summed E-state index contributed by atoms with van der Waals surface area (Å²) in [6.45, 7) is 6.35. The highest BCUT2D eigenvalue weighted by Crippen LogP contribution is 2.02. The van der Waals surface area contributed by atoms with Gasteiger partial charge in [-0.2, -0.15) is 5.26 Å². The zero-order chi connectivity index (χ0) is 17.7. The highest BCUT2D eigenvalue weighted by atomic mass is 16.5. The number of hydrogen-bond donors (Lipinski definition) is 2. The van der Waals surface area contributed by atoms with Gasteiger partial charge in [0.25, 0.3) is 0 Å². The van der Waals surface area contributed by atoms with Crippen LogP contribution in [0.1, 0.15) is 40.0 Å². The van der Waals surface area contributed by atoms with Crippen molar-refractivity contribution in [3.05, 3.63) is 23.9 Å². The van der Waals surface area contributed by atoms with E-state index in [0.29, 0.717) is 19.7 Å². The number of carbonyl (C=O) groups is 1. The van der Waals surface area contributed by atoms with Crippen LogP contribution in [-0.2, 0) is 9.53 Å². The lowest BCUT2D eigenvalue weighted by molar-refractivity contribution is -0.138. The van der Waals surface area contributed by atoms with Crippen molar-refractivity contribution in [1.82, 2.24) is 4.90 Å². The van der Waals surface area contributed by atoms with E-state index >= 15 is 0 Å². The molecule has 2 atom stereocenters. The Labute approximate surface area is 138 Å². The Bertz CT molecular complexity index is 426. The van der Waals surface area contributed by atoms with Crippen molar-refractivity contribution in [2.24, 2.45) is 0 Å². The first-order chi connectivity index (χ1) is 10.9. The van der Waals surface area contributed by atoms with Crippen molar-refractivity contribution >= 4 is 5.97 Å². The van der Waals surface area contributed by atoms with Gasteiger partial charge in [0.1, 0.15) is 11.6 Å². The highest BCUT2D eigenvalue weighted by molar-refractivity contribution is 5.93. The van der Waals surface area contributed by atoms with Gasteiger partial charge in [-0.3, -0.25) is 0 Å². The molecule has 0 aromatic heterocycles. The Hall–Kier alpha value is -1.84. The van der Waals surface area contributed by atoms with E-state index in [4.69, 9.17) is 10.00 Å². The lowest BCUT2D eigenvalue weighted by atomic mass is 10.2. The standard InChI is InChI=1S/C17H28N2O4/c1-4-5-6-10-23-17(22)16(11-18)8-7-9-19(12-14(2)20)13-15(3)21/h7-9,14-15,20-21H,4-6,10,12-13H2,1-3H3/b9-7+,16-8+. The largest absolute Gasteiger partial charge is 0.462 e. The summed E-state index contributed by atoms with van der Waals surface area (Å²) in [6, 6.07) is 1.82. The van der Waals surface area contributed by atoms with Crippen LogP contribution in [0.25, 0.3) is 0 Å². The molecule has 2 N–H and O–H groups in total. The average molecular weight is 324 g/mol. The molecule has 0 aliphatic carbocycles. The molecule has 0 bridgehead atoms. The van der Waals surface area contributed by atoms with Gasteiger partial charge in [0, 0.05) is 13.1 Å². The lowest BCUT2D eigenvalue weighted by Crippen LogP contribution is -2.32. The van der Waals surface area contributed by atoms with Crippen molar-refractivity contribution in [2.75, 3.05) is 19.7 Å². The number of esters is 1. The summed E-state index contributed by atoms with van der Waals surface area (Å²) in [5.41, 5.74) is -0.0770. The van der Waals surface area contributed by atoms with Gasteiger partial charge in [0.15, 0.2) is 0 Å². The van der Waals surface area contributed by atoms with E-state index in [2.05, 4.69) is 6.92 Å². The third-order valence-corrected chi connectivity index (χ3v) is 2.88. The predicted molar refractivity (Wildman–Crippen MR) is 88.3 cm³/mol. The second kappa shape index (κ2) is 12.7. The summed E-state index contributed by atoms with van der Waals surface area (Å²) in [5.74, 6) is -0.633. The summed E-state index contributed by atoms with van der Waals surface area (Å²) in [6.07, 6.45) is 6.23. The van der Waals surface area contributed by atoms with E-state index in [1.165, 1.54) is 12.2 Å². The van der Waals surface area contributed by atoms with Crippen LogP contribution in [0, 0.1) is 11.3 Å². The molecule has 0 aromatic rings. The van der Waals surface area contributed by atoms with Crippen LogP contribution >= 0.6 is 0 Å². The smallest absolute Gasteiger partial charge is 0.348 e. The van der Waals surface area contributed by atoms with Crippen LogP contribution in [0.5, 0.6) is 0 Å². The SMILES string of the molecule is CCCCCOC(=O)/C(C#N)=C/C=C/N(CC(C)O)CC(C)O. The third-order valence-electron chi connectivity index (χ3n) is 2.88. The number of aliphatic hydroxyl groups excluding tert-OH is 2. The highest BCUT2D eigenvalue weighted by Gasteiger charge is 2.10. The fourth-order valence-electron chi connectivity index (χ4n) is 1.88. The summed E-state index contributed by atoms with van der Waals surface area (Å²) < 4.78 is 5.03. The fraction of sp³-hybridized carbons (Fsp3) is 0.647. The average Bonchev–Trinajstić information content (AvgIpc) is 2.46. The molecule has 0 heterocycles. The van der Waals surface area contributed by atoms with E-state index in [9.17, 15) is 15.0 Å². The summed E-state index contributed by atoms with van der Waals surface area (Å²) in [5, 5.41) is 27.8. The van der Waals surface area contributed by atoms with Crippen LogP contribution in [-0.4, -0.2) is 53.0 Å². The van der Waals surface area contributed by atoms with Crippen LogP contribution < -0.4 is 0 Å². The lowest BCUT2D eigenvalue weighted by Gasteiger charge is -2.23. The molecule has 0 amide bonds.